The van der Waals surface area contributed by atoms with Crippen LogP contribution in [0.25, 0.3) is 10.8 Å². The van der Waals surface area contributed by atoms with Crippen molar-refractivity contribution in [2.45, 2.75) is 17.0 Å². The number of hydrogen-bond donors (Lipinski definition) is 1. The molecule has 0 radical (unpaired) electrons. The molecule has 0 spiro atoms. The molecule has 2 unspecified atom stereocenters. The highest BCUT2D eigenvalue weighted by Gasteiger charge is 2.28. The van der Waals surface area contributed by atoms with Crippen LogP contribution in [0.1, 0.15) is 11.7 Å². The number of pyridine rings is 1. The Bertz CT molecular complexity index is 1400. The number of anilines is 1. The van der Waals surface area contributed by atoms with Gasteiger partial charge in [-0.05, 0) is 41.3 Å². The van der Waals surface area contributed by atoms with E-state index in [4.69, 9.17) is 9.47 Å². The van der Waals surface area contributed by atoms with E-state index in [0.717, 1.165) is 5.56 Å². The van der Waals surface area contributed by atoms with E-state index in [9.17, 15) is 8.42 Å². The van der Waals surface area contributed by atoms with E-state index in [0.29, 0.717) is 16.7 Å². The molecule has 4 aromatic rings. The van der Waals surface area contributed by atoms with Crippen molar-refractivity contribution in [1.82, 2.24) is 15.0 Å². The molecule has 0 aliphatic carbocycles. The minimum Gasteiger partial charge on any atom is -0.475 e. The Balaban J connectivity index is 1.35. The molecular weight excluding hydrogens is 442 g/mol. The Kier molecular flexibility index (Phi) is 5.57. The standard InChI is InChI=1S/C23H19N5O4S/c29-33(30,28-21-9-10-24-14-26-21)18-6-7-19-17(12-18)8-11-25-23(19)31-13-20-22(32-15-27-20)16-4-2-1-3-5-16/h1-12,14-15,20,22H,13H2,(H,24,26,28). The van der Waals surface area contributed by atoms with E-state index in [1.807, 2.05) is 30.3 Å². The molecule has 33 heavy (non-hydrogen) atoms. The zero-order chi connectivity index (χ0) is 22.7. The molecule has 0 saturated carbocycles. The fraction of sp³-hybridized carbons (Fsp3) is 0.130. The Hall–Kier alpha value is -4.05. The summed E-state index contributed by atoms with van der Waals surface area (Å²) in [5.74, 6) is 0.588. The number of fused-ring (bicyclic) bond motifs is 1. The van der Waals surface area contributed by atoms with Crippen LogP contribution in [0.2, 0.25) is 0 Å². The van der Waals surface area contributed by atoms with Crippen molar-refractivity contribution in [1.29, 1.82) is 0 Å². The molecule has 0 amide bonds. The van der Waals surface area contributed by atoms with Gasteiger partial charge in [-0.25, -0.2) is 28.4 Å². The molecule has 166 valence electrons. The molecule has 1 aliphatic heterocycles. The molecule has 3 heterocycles. The largest absolute Gasteiger partial charge is 0.475 e. The predicted octanol–water partition coefficient (Wildman–Crippen LogP) is 3.37. The van der Waals surface area contributed by atoms with Crippen molar-refractivity contribution in [2.75, 3.05) is 11.3 Å². The second-order valence-corrected chi connectivity index (χ2v) is 8.98. The zero-order valence-electron chi connectivity index (χ0n) is 17.3. The summed E-state index contributed by atoms with van der Waals surface area (Å²) >= 11 is 0. The number of benzene rings is 2. The Morgan fingerprint density at radius 1 is 1.00 bits per heavy atom. The molecule has 2 atom stereocenters. The van der Waals surface area contributed by atoms with Crippen LogP contribution in [0.4, 0.5) is 5.82 Å². The van der Waals surface area contributed by atoms with E-state index in [2.05, 4.69) is 24.7 Å². The van der Waals surface area contributed by atoms with Crippen LogP contribution in [0.3, 0.4) is 0 Å². The van der Waals surface area contributed by atoms with Crippen LogP contribution >= 0.6 is 0 Å². The maximum atomic E-state index is 12.8. The first-order chi connectivity index (χ1) is 16.1. The summed E-state index contributed by atoms with van der Waals surface area (Å²) in [4.78, 5) is 16.5. The third-order valence-corrected chi connectivity index (χ3v) is 6.51. The number of ether oxygens (including phenoxy) is 2. The lowest BCUT2D eigenvalue weighted by atomic mass is 10.0. The summed E-state index contributed by atoms with van der Waals surface area (Å²) in [7, 11) is -3.82. The van der Waals surface area contributed by atoms with Gasteiger partial charge in [0.1, 0.15) is 24.8 Å². The molecule has 0 saturated heterocycles. The summed E-state index contributed by atoms with van der Waals surface area (Å²) in [6, 6.07) is 17.6. The minimum atomic E-state index is -3.82. The van der Waals surface area contributed by atoms with E-state index >= 15 is 0 Å². The van der Waals surface area contributed by atoms with Crippen molar-refractivity contribution in [2.24, 2.45) is 4.99 Å². The second kappa shape index (κ2) is 8.83. The molecule has 2 aromatic carbocycles. The van der Waals surface area contributed by atoms with Crippen LogP contribution in [0.15, 0.2) is 89.3 Å². The maximum absolute atomic E-state index is 12.8. The average Bonchev–Trinajstić information content (AvgIpc) is 3.32. The summed E-state index contributed by atoms with van der Waals surface area (Å²) in [5.41, 5.74) is 1.01. The third-order valence-electron chi connectivity index (χ3n) is 5.16. The highest BCUT2D eigenvalue weighted by Crippen LogP contribution is 2.30. The van der Waals surface area contributed by atoms with Gasteiger partial charge < -0.3 is 9.47 Å². The second-order valence-electron chi connectivity index (χ2n) is 7.30. The molecule has 0 fully saturated rings. The van der Waals surface area contributed by atoms with Crippen LogP contribution in [-0.4, -0.2) is 42.4 Å². The van der Waals surface area contributed by atoms with Gasteiger partial charge in [-0.1, -0.05) is 30.3 Å². The topological polar surface area (TPSA) is 116 Å². The molecule has 5 rings (SSSR count). The number of aliphatic imine (C=N–C) groups is 1. The van der Waals surface area contributed by atoms with Gasteiger partial charge in [0.25, 0.3) is 10.0 Å². The molecular formula is C23H19N5O4S. The van der Waals surface area contributed by atoms with Crippen molar-refractivity contribution < 1.29 is 17.9 Å². The summed E-state index contributed by atoms with van der Waals surface area (Å²) in [5, 5.41) is 1.37. The fourth-order valence-electron chi connectivity index (χ4n) is 3.54. The van der Waals surface area contributed by atoms with Gasteiger partial charge >= 0.3 is 0 Å². The number of rotatable bonds is 7. The van der Waals surface area contributed by atoms with Crippen LogP contribution in [-0.2, 0) is 14.8 Å². The van der Waals surface area contributed by atoms with E-state index in [1.165, 1.54) is 31.1 Å². The van der Waals surface area contributed by atoms with Crippen LogP contribution in [0.5, 0.6) is 5.88 Å². The van der Waals surface area contributed by atoms with E-state index in [1.54, 1.807) is 24.4 Å². The zero-order valence-corrected chi connectivity index (χ0v) is 18.1. The molecule has 1 aliphatic rings. The van der Waals surface area contributed by atoms with Crippen molar-refractivity contribution >= 4 is 33.0 Å². The number of sulfonamides is 1. The molecule has 2 aromatic heterocycles. The van der Waals surface area contributed by atoms with Crippen molar-refractivity contribution in [3.8, 4) is 5.88 Å². The number of nitrogens with one attached hydrogen (secondary N) is 1. The quantitative estimate of drug-likeness (QED) is 0.449. The SMILES string of the molecule is O=S(=O)(Nc1ccncn1)c1ccc2c(OCC3N=COC3c3ccccc3)nccc2c1. The Labute approximate surface area is 190 Å². The molecule has 9 nitrogen and oxygen atoms in total. The highest BCUT2D eigenvalue weighted by molar-refractivity contribution is 7.92. The molecule has 0 bridgehead atoms. The smallest absolute Gasteiger partial charge is 0.263 e. The van der Waals surface area contributed by atoms with Gasteiger partial charge in [0, 0.05) is 17.8 Å². The summed E-state index contributed by atoms with van der Waals surface area (Å²) < 4.78 is 39.6. The lowest BCUT2D eigenvalue weighted by Gasteiger charge is -2.18. The lowest BCUT2D eigenvalue weighted by Crippen LogP contribution is -2.22. The van der Waals surface area contributed by atoms with Crippen LogP contribution < -0.4 is 9.46 Å². The number of aromatic nitrogens is 3. The first kappa shape index (κ1) is 20.8. The number of hydrogen-bond acceptors (Lipinski definition) is 8. The first-order valence-corrected chi connectivity index (χ1v) is 11.6. The monoisotopic (exact) mass is 461 g/mol. The summed E-state index contributed by atoms with van der Waals surface area (Å²) in [6.07, 6.45) is 5.53. The van der Waals surface area contributed by atoms with Gasteiger partial charge in [-0.15, -0.1) is 0 Å². The summed E-state index contributed by atoms with van der Waals surface area (Å²) in [6.45, 7) is 0.261. The van der Waals surface area contributed by atoms with Gasteiger partial charge in [-0.3, -0.25) is 4.72 Å². The lowest BCUT2D eigenvalue weighted by molar-refractivity contribution is 0.163. The van der Waals surface area contributed by atoms with Gasteiger partial charge in [0.2, 0.25) is 5.88 Å². The van der Waals surface area contributed by atoms with E-state index < -0.39 is 10.0 Å². The third kappa shape index (κ3) is 4.46. The number of nitrogens with zero attached hydrogens (tertiary/aromatic N) is 4. The molecule has 1 N–H and O–H groups in total. The molecule has 10 heteroatoms. The van der Waals surface area contributed by atoms with Gasteiger partial charge in [0.15, 0.2) is 12.5 Å². The minimum absolute atomic E-state index is 0.101. The van der Waals surface area contributed by atoms with Crippen LogP contribution in [0, 0.1) is 0 Å². The highest BCUT2D eigenvalue weighted by atomic mass is 32.2. The van der Waals surface area contributed by atoms with Gasteiger partial charge in [-0.2, -0.15) is 0 Å². The fourth-order valence-corrected chi connectivity index (χ4v) is 4.59. The first-order valence-electron chi connectivity index (χ1n) is 10.1. The maximum Gasteiger partial charge on any atom is 0.263 e. The van der Waals surface area contributed by atoms with Crippen molar-refractivity contribution in [3.63, 3.8) is 0 Å². The van der Waals surface area contributed by atoms with Gasteiger partial charge in [0.05, 0.1) is 4.90 Å². The normalized spacial score (nSPS) is 17.6. The van der Waals surface area contributed by atoms with E-state index in [-0.39, 0.29) is 29.5 Å². The Morgan fingerprint density at radius 2 is 1.88 bits per heavy atom. The average molecular weight is 462 g/mol. The predicted molar refractivity (Wildman–Crippen MR) is 123 cm³/mol. The van der Waals surface area contributed by atoms with Crippen molar-refractivity contribution in [3.05, 3.63) is 84.9 Å². The Morgan fingerprint density at radius 3 is 2.70 bits per heavy atom.